The fourth-order valence-electron chi connectivity index (χ4n) is 3.38. The van der Waals surface area contributed by atoms with Crippen molar-refractivity contribution < 1.29 is 22.7 Å². The van der Waals surface area contributed by atoms with Crippen LogP contribution in [0.4, 0.5) is 0 Å². The van der Waals surface area contributed by atoms with Gasteiger partial charge in [-0.3, -0.25) is 4.79 Å². The molecule has 1 aliphatic heterocycles. The lowest BCUT2D eigenvalue weighted by Crippen LogP contribution is -2.44. The molecule has 0 unspecified atom stereocenters. The minimum absolute atomic E-state index is 0.0583. The molecule has 0 aromatic carbocycles. The predicted octanol–water partition coefficient (Wildman–Crippen LogP) is 0.214. The van der Waals surface area contributed by atoms with Gasteiger partial charge in [-0.25, -0.2) is 18.8 Å². The van der Waals surface area contributed by atoms with E-state index in [4.69, 9.17) is 4.74 Å². The molecule has 1 fully saturated rings. The average Bonchev–Trinajstić information content (AvgIpc) is 3.36. The van der Waals surface area contributed by atoms with E-state index in [1.165, 1.54) is 38.6 Å². The Morgan fingerprint density at radius 3 is 2.52 bits per heavy atom. The molecule has 170 valence electrons. The Hall–Kier alpha value is -2.35. The number of Topliss-reactive ketones (excluding diaryl/α,β-unsaturated/α-hetero) is 1. The number of ketones is 1. The first-order chi connectivity index (χ1) is 14.7. The van der Waals surface area contributed by atoms with Gasteiger partial charge in [0.15, 0.2) is 0 Å². The van der Waals surface area contributed by atoms with Crippen LogP contribution in [0.15, 0.2) is 22.3 Å². The zero-order valence-corrected chi connectivity index (χ0v) is 19.2. The Bertz CT molecular complexity index is 1100. The first-order valence-electron chi connectivity index (χ1n) is 9.78. The maximum atomic E-state index is 13.0. The highest BCUT2D eigenvalue weighted by Gasteiger charge is 2.33. The molecule has 0 spiro atoms. The molecule has 3 heterocycles. The third-order valence-corrected chi connectivity index (χ3v) is 7.79. The largest absolute Gasteiger partial charge is 0.460 e. The molecule has 0 N–H and O–H groups in total. The van der Waals surface area contributed by atoms with Gasteiger partial charge < -0.3 is 4.74 Å². The Balaban J connectivity index is 1.89. The van der Waals surface area contributed by atoms with Gasteiger partial charge in [-0.1, -0.05) is 0 Å². The first kappa shape index (κ1) is 23.3. The van der Waals surface area contributed by atoms with Crippen LogP contribution in [0.5, 0.6) is 0 Å². The van der Waals surface area contributed by atoms with E-state index in [9.17, 15) is 22.8 Å². The summed E-state index contributed by atoms with van der Waals surface area (Å²) in [5, 5.41) is 6.82. The van der Waals surface area contributed by atoms with E-state index in [1.54, 1.807) is 19.1 Å². The van der Waals surface area contributed by atoms with E-state index in [0.717, 1.165) is 4.68 Å². The lowest BCUT2D eigenvalue weighted by molar-refractivity contribution is -0.153. The second-order valence-corrected chi connectivity index (χ2v) is 10.3. The van der Waals surface area contributed by atoms with Crippen molar-refractivity contribution in [3.8, 4) is 5.00 Å². The summed E-state index contributed by atoms with van der Waals surface area (Å²) in [6.45, 7) is 1.71. The molecule has 31 heavy (non-hydrogen) atoms. The van der Waals surface area contributed by atoms with Crippen LogP contribution in [-0.2, 0) is 31.1 Å². The van der Waals surface area contributed by atoms with Crippen molar-refractivity contribution in [2.75, 3.05) is 33.8 Å². The standard InChI is InChI=1S/C18H25N5O6S2/c1-4-29-17(25)14(24)12-22-18(26)23(15-6-5-11-30-15)16(19-22)13-7-9-21(10-8-13)31(27,28)20(2)3/h5-6,11,13H,4,7-10,12H2,1-3H3. The van der Waals surface area contributed by atoms with Crippen LogP contribution in [0.3, 0.4) is 0 Å². The number of thiophene rings is 1. The second-order valence-electron chi connectivity index (χ2n) is 7.19. The zero-order chi connectivity index (χ0) is 22.8. The lowest BCUT2D eigenvalue weighted by Gasteiger charge is -2.32. The number of carbonyl (C=O) groups is 2. The third kappa shape index (κ3) is 4.79. The van der Waals surface area contributed by atoms with E-state index < -0.39 is 34.2 Å². The highest BCUT2D eigenvalue weighted by atomic mass is 32.2. The molecule has 0 atom stereocenters. The number of hydrogen-bond donors (Lipinski definition) is 0. The van der Waals surface area contributed by atoms with Crippen LogP contribution in [0.25, 0.3) is 5.00 Å². The fourth-order valence-corrected chi connectivity index (χ4v) is 5.25. The molecular weight excluding hydrogens is 446 g/mol. The van der Waals surface area contributed by atoms with Crippen molar-refractivity contribution in [2.24, 2.45) is 0 Å². The number of carbonyl (C=O) groups excluding carboxylic acids is 2. The summed E-state index contributed by atoms with van der Waals surface area (Å²) in [5.41, 5.74) is -0.529. The number of rotatable bonds is 8. The monoisotopic (exact) mass is 471 g/mol. The highest BCUT2D eigenvalue weighted by molar-refractivity contribution is 7.86. The summed E-state index contributed by atoms with van der Waals surface area (Å²) in [6.07, 6.45) is 0.946. The SMILES string of the molecule is CCOC(=O)C(=O)Cn1nc(C2CCN(S(=O)(=O)N(C)C)CC2)n(-c2cccs2)c1=O. The molecule has 0 saturated carbocycles. The van der Waals surface area contributed by atoms with Gasteiger partial charge in [-0.15, -0.1) is 11.3 Å². The van der Waals surface area contributed by atoms with Crippen LogP contribution in [0.1, 0.15) is 31.5 Å². The van der Waals surface area contributed by atoms with Crippen molar-refractivity contribution in [1.82, 2.24) is 23.0 Å². The molecular formula is C18H25N5O6S2. The van der Waals surface area contributed by atoms with Crippen molar-refractivity contribution in [2.45, 2.75) is 32.2 Å². The number of nitrogens with zero attached hydrogens (tertiary/aromatic N) is 5. The normalized spacial score (nSPS) is 16.0. The molecule has 0 bridgehead atoms. The van der Waals surface area contributed by atoms with Crippen molar-refractivity contribution in [3.63, 3.8) is 0 Å². The number of hydrogen-bond acceptors (Lipinski definition) is 8. The molecule has 11 nitrogen and oxygen atoms in total. The molecule has 0 amide bonds. The first-order valence-corrected chi connectivity index (χ1v) is 12.1. The van der Waals surface area contributed by atoms with Crippen LogP contribution >= 0.6 is 11.3 Å². The van der Waals surface area contributed by atoms with E-state index >= 15 is 0 Å². The minimum Gasteiger partial charge on any atom is -0.460 e. The van der Waals surface area contributed by atoms with Crippen molar-refractivity contribution in [1.29, 1.82) is 0 Å². The maximum Gasteiger partial charge on any atom is 0.376 e. The Morgan fingerprint density at radius 1 is 1.29 bits per heavy atom. The molecule has 0 aliphatic carbocycles. The third-order valence-electron chi connectivity index (χ3n) is 4.99. The molecule has 2 aromatic heterocycles. The van der Waals surface area contributed by atoms with Gasteiger partial charge in [0, 0.05) is 33.1 Å². The van der Waals surface area contributed by atoms with E-state index in [-0.39, 0.29) is 12.5 Å². The number of piperidine rings is 1. The molecule has 2 aromatic rings. The van der Waals surface area contributed by atoms with Gasteiger partial charge in [0.2, 0.25) is 0 Å². The number of aromatic nitrogens is 3. The minimum atomic E-state index is -3.51. The summed E-state index contributed by atoms with van der Waals surface area (Å²) in [7, 11) is -0.546. The molecule has 1 saturated heterocycles. The van der Waals surface area contributed by atoms with Gasteiger partial charge in [0.1, 0.15) is 17.4 Å². The summed E-state index contributed by atoms with van der Waals surface area (Å²) < 4.78 is 34.4. The molecule has 0 radical (unpaired) electrons. The average molecular weight is 472 g/mol. The van der Waals surface area contributed by atoms with E-state index in [1.807, 2.05) is 5.38 Å². The molecule has 13 heteroatoms. The summed E-state index contributed by atoms with van der Waals surface area (Å²) in [6, 6.07) is 3.56. The highest BCUT2D eigenvalue weighted by Crippen LogP contribution is 2.30. The van der Waals surface area contributed by atoms with Crippen molar-refractivity contribution >= 4 is 33.3 Å². The number of esters is 1. The smallest absolute Gasteiger partial charge is 0.376 e. The zero-order valence-electron chi connectivity index (χ0n) is 17.6. The fraction of sp³-hybridized carbons (Fsp3) is 0.556. The Labute approximate surface area is 184 Å². The maximum absolute atomic E-state index is 13.0. The summed E-state index contributed by atoms with van der Waals surface area (Å²) in [5.74, 6) is -1.60. The van der Waals surface area contributed by atoms with Crippen LogP contribution in [-0.4, -0.2) is 76.9 Å². The van der Waals surface area contributed by atoms with Gasteiger partial charge in [0.05, 0.1) is 6.61 Å². The predicted molar refractivity (Wildman–Crippen MR) is 113 cm³/mol. The lowest BCUT2D eigenvalue weighted by atomic mass is 9.97. The van der Waals surface area contributed by atoms with Gasteiger partial charge in [-0.05, 0) is 37.3 Å². The molecule has 3 rings (SSSR count). The van der Waals surface area contributed by atoms with Crippen molar-refractivity contribution in [3.05, 3.63) is 33.8 Å². The second kappa shape index (κ2) is 9.42. The summed E-state index contributed by atoms with van der Waals surface area (Å²) >= 11 is 1.34. The quantitative estimate of drug-likeness (QED) is 0.398. The van der Waals surface area contributed by atoms with Gasteiger partial charge in [-0.2, -0.15) is 22.1 Å². The Kier molecular flexibility index (Phi) is 7.09. The number of ether oxygens (including phenoxy) is 1. The van der Waals surface area contributed by atoms with E-state index in [0.29, 0.717) is 36.8 Å². The van der Waals surface area contributed by atoms with Crippen LogP contribution in [0, 0.1) is 0 Å². The topological polar surface area (TPSA) is 124 Å². The molecule has 1 aliphatic rings. The summed E-state index contributed by atoms with van der Waals surface area (Å²) in [4.78, 5) is 36.8. The van der Waals surface area contributed by atoms with Crippen LogP contribution < -0.4 is 5.69 Å². The van der Waals surface area contributed by atoms with E-state index in [2.05, 4.69) is 5.10 Å². The Morgan fingerprint density at radius 2 is 1.97 bits per heavy atom. The van der Waals surface area contributed by atoms with Crippen LogP contribution in [0.2, 0.25) is 0 Å². The van der Waals surface area contributed by atoms with Gasteiger partial charge in [0.25, 0.3) is 16.0 Å². The van der Waals surface area contributed by atoms with Gasteiger partial charge >= 0.3 is 11.7 Å².